The molecule has 0 unspecified atom stereocenters. The number of nitrogens with one attached hydrogen (secondary N) is 1. The van der Waals surface area contributed by atoms with Gasteiger partial charge >= 0.3 is 0 Å². The second kappa shape index (κ2) is 5.29. The summed E-state index contributed by atoms with van der Waals surface area (Å²) >= 11 is 0. The van der Waals surface area contributed by atoms with Gasteiger partial charge in [-0.25, -0.2) is 8.42 Å². The first-order chi connectivity index (χ1) is 9.29. The molecule has 0 aliphatic carbocycles. The van der Waals surface area contributed by atoms with Crippen LogP contribution in [0.5, 0.6) is 0 Å². The van der Waals surface area contributed by atoms with Crippen LogP contribution in [0.1, 0.15) is 22.3 Å². The Morgan fingerprint density at radius 3 is 1.95 bits per heavy atom. The lowest BCUT2D eigenvalue weighted by Crippen LogP contribution is -2.14. The Balaban J connectivity index is 2.38. The third-order valence-corrected chi connectivity index (χ3v) is 4.80. The summed E-state index contributed by atoms with van der Waals surface area (Å²) in [6.45, 7) is 7.82. The van der Waals surface area contributed by atoms with Crippen LogP contribution in [-0.4, -0.2) is 8.42 Å². The number of anilines is 1. The summed E-state index contributed by atoms with van der Waals surface area (Å²) in [5.41, 5.74) is 4.81. The molecule has 0 radical (unpaired) electrons. The Bertz CT molecular complexity index is 732. The predicted octanol–water partition coefficient (Wildman–Crippen LogP) is 3.72. The van der Waals surface area contributed by atoms with E-state index in [9.17, 15) is 8.42 Å². The number of hydrogen-bond acceptors (Lipinski definition) is 2. The fraction of sp³-hybridized carbons (Fsp3) is 0.250. The first-order valence-electron chi connectivity index (χ1n) is 6.47. The van der Waals surface area contributed by atoms with Gasteiger partial charge in [0.05, 0.1) is 10.6 Å². The van der Waals surface area contributed by atoms with Gasteiger partial charge in [-0.05, 0) is 62.6 Å². The van der Waals surface area contributed by atoms with Crippen molar-refractivity contribution in [2.24, 2.45) is 0 Å². The van der Waals surface area contributed by atoms with Crippen LogP contribution in [0.4, 0.5) is 5.69 Å². The zero-order valence-electron chi connectivity index (χ0n) is 12.2. The smallest absolute Gasteiger partial charge is 0.261 e. The van der Waals surface area contributed by atoms with Crippen LogP contribution in [-0.2, 0) is 10.0 Å². The van der Waals surface area contributed by atoms with E-state index in [2.05, 4.69) is 4.72 Å². The lowest BCUT2D eigenvalue weighted by atomic mass is 10.1. The summed E-state index contributed by atoms with van der Waals surface area (Å²) in [6, 6.07) is 10.7. The second-order valence-electron chi connectivity index (χ2n) is 5.17. The first kappa shape index (κ1) is 14.6. The van der Waals surface area contributed by atoms with Gasteiger partial charge in [-0.2, -0.15) is 0 Å². The van der Waals surface area contributed by atoms with E-state index >= 15 is 0 Å². The third kappa shape index (κ3) is 3.02. The number of benzene rings is 2. The van der Waals surface area contributed by atoms with Gasteiger partial charge in [0.15, 0.2) is 0 Å². The maximum absolute atomic E-state index is 12.4. The highest BCUT2D eigenvalue weighted by atomic mass is 32.2. The van der Waals surface area contributed by atoms with Gasteiger partial charge < -0.3 is 0 Å². The van der Waals surface area contributed by atoms with Crippen LogP contribution >= 0.6 is 0 Å². The molecule has 0 amide bonds. The van der Waals surface area contributed by atoms with Gasteiger partial charge in [0, 0.05) is 0 Å². The van der Waals surface area contributed by atoms with Gasteiger partial charge in [0.25, 0.3) is 10.0 Å². The lowest BCUT2D eigenvalue weighted by molar-refractivity contribution is 0.601. The molecule has 0 heterocycles. The van der Waals surface area contributed by atoms with Crippen LogP contribution in [0.25, 0.3) is 0 Å². The summed E-state index contributed by atoms with van der Waals surface area (Å²) < 4.78 is 27.4. The molecule has 0 bridgehead atoms. The molecule has 20 heavy (non-hydrogen) atoms. The first-order valence-corrected chi connectivity index (χ1v) is 7.95. The third-order valence-electron chi connectivity index (χ3n) is 3.42. The molecule has 4 heteroatoms. The molecule has 0 spiro atoms. The van der Waals surface area contributed by atoms with Crippen LogP contribution in [0.15, 0.2) is 41.3 Å². The van der Waals surface area contributed by atoms with Gasteiger partial charge in [-0.15, -0.1) is 0 Å². The highest BCUT2D eigenvalue weighted by Crippen LogP contribution is 2.23. The molecule has 0 aromatic heterocycles. The van der Waals surface area contributed by atoms with Crippen molar-refractivity contribution in [1.29, 1.82) is 0 Å². The summed E-state index contributed by atoms with van der Waals surface area (Å²) in [6.07, 6.45) is 0. The minimum absolute atomic E-state index is 0.278. The molecule has 0 atom stereocenters. The summed E-state index contributed by atoms with van der Waals surface area (Å²) in [5.74, 6) is 0. The van der Waals surface area contributed by atoms with E-state index in [0.29, 0.717) is 5.69 Å². The Morgan fingerprint density at radius 2 is 1.35 bits per heavy atom. The summed E-state index contributed by atoms with van der Waals surface area (Å²) in [5, 5.41) is 0. The minimum Gasteiger partial charge on any atom is -0.279 e. The average molecular weight is 289 g/mol. The SMILES string of the molecule is Cc1ccc(S(=O)(=O)Nc2cc(C)c(C)cc2C)cc1. The second-order valence-corrected chi connectivity index (χ2v) is 6.85. The van der Waals surface area contributed by atoms with Crippen molar-refractivity contribution in [3.63, 3.8) is 0 Å². The van der Waals surface area contributed by atoms with E-state index in [4.69, 9.17) is 0 Å². The number of sulfonamides is 1. The van der Waals surface area contributed by atoms with Crippen molar-refractivity contribution in [2.45, 2.75) is 32.6 Å². The quantitative estimate of drug-likeness (QED) is 0.936. The highest BCUT2D eigenvalue weighted by molar-refractivity contribution is 7.92. The molecule has 0 aliphatic heterocycles. The molecule has 0 saturated carbocycles. The Hall–Kier alpha value is -1.81. The highest BCUT2D eigenvalue weighted by Gasteiger charge is 2.15. The number of aryl methyl sites for hydroxylation is 4. The maximum atomic E-state index is 12.4. The molecule has 2 aromatic carbocycles. The molecule has 1 N–H and O–H groups in total. The average Bonchev–Trinajstić information content (AvgIpc) is 2.36. The molecule has 0 saturated heterocycles. The van der Waals surface area contributed by atoms with Gasteiger partial charge in [-0.3, -0.25) is 4.72 Å². The Kier molecular flexibility index (Phi) is 3.86. The van der Waals surface area contributed by atoms with Gasteiger partial charge in [-0.1, -0.05) is 23.8 Å². The molecule has 2 aromatic rings. The molecule has 106 valence electrons. The van der Waals surface area contributed by atoms with E-state index in [1.807, 2.05) is 39.8 Å². The molecular weight excluding hydrogens is 270 g/mol. The van der Waals surface area contributed by atoms with Crippen LogP contribution in [0, 0.1) is 27.7 Å². The maximum Gasteiger partial charge on any atom is 0.261 e. The molecular formula is C16H19NO2S. The summed E-state index contributed by atoms with van der Waals surface area (Å²) in [7, 11) is -3.53. The van der Waals surface area contributed by atoms with E-state index in [0.717, 1.165) is 22.3 Å². The van der Waals surface area contributed by atoms with E-state index in [-0.39, 0.29) is 4.90 Å². The zero-order valence-corrected chi connectivity index (χ0v) is 13.0. The van der Waals surface area contributed by atoms with Crippen LogP contribution in [0.3, 0.4) is 0 Å². The number of rotatable bonds is 3. The van der Waals surface area contributed by atoms with Crippen molar-refractivity contribution in [2.75, 3.05) is 4.72 Å². The minimum atomic E-state index is -3.53. The topological polar surface area (TPSA) is 46.2 Å². The standard InChI is InChI=1S/C16H19NO2S/c1-11-5-7-15(8-6-11)20(18,19)17-16-10-13(3)12(2)9-14(16)4/h5-10,17H,1-4H3. The predicted molar refractivity (Wildman–Crippen MR) is 82.6 cm³/mol. The van der Waals surface area contributed by atoms with Crippen LogP contribution < -0.4 is 4.72 Å². The van der Waals surface area contributed by atoms with Crippen LogP contribution in [0.2, 0.25) is 0 Å². The van der Waals surface area contributed by atoms with Gasteiger partial charge in [0.2, 0.25) is 0 Å². The van der Waals surface area contributed by atoms with Crippen molar-refractivity contribution in [3.8, 4) is 0 Å². The zero-order chi connectivity index (χ0) is 14.9. The van der Waals surface area contributed by atoms with Gasteiger partial charge in [0.1, 0.15) is 0 Å². The Morgan fingerprint density at radius 1 is 0.800 bits per heavy atom. The van der Waals surface area contributed by atoms with E-state index in [1.165, 1.54) is 0 Å². The van der Waals surface area contributed by atoms with Crippen molar-refractivity contribution >= 4 is 15.7 Å². The number of hydrogen-bond donors (Lipinski definition) is 1. The van der Waals surface area contributed by atoms with E-state index < -0.39 is 10.0 Å². The normalized spacial score (nSPS) is 11.4. The fourth-order valence-electron chi connectivity index (χ4n) is 1.99. The largest absolute Gasteiger partial charge is 0.279 e. The summed E-state index contributed by atoms with van der Waals surface area (Å²) in [4.78, 5) is 0.278. The molecule has 0 fully saturated rings. The molecule has 2 rings (SSSR count). The van der Waals surface area contributed by atoms with Crippen molar-refractivity contribution < 1.29 is 8.42 Å². The molecule has 0 aliphatic rings. The lowest BCUT2D eigenvalue weighted by Gasteiger charge is -2.13. The van der Waals surface area contributed by atoms with E-state index in [1.54, 1.807) is 24.3 Å². The fourth-order valence-corrected chi connectivity index (χ4v) is 3.11. The van der Waals surface area contributed by atoms with Crippen molar-refractivity contribution in [1.82, 2.24) is 0 Å². The molecule has 3 nitrogen and oxygen atoms in total. The Labute approximate surface area is 120 Å². The monoisotopic (exact) mass is 289 g/mol. The van der Waals surface area contributed by atoms with Crippen molar-refractivity contribution in [3.05, 3.63) is 58.7 Å².